The van der Waals surface area contributed by atoms with Gasteiger partial charge in [0.15, 0.2) is 0 Å². The van der Waals surface area contributed by atoms with Gasteiger partial charge in [-0.3, -0.25) is 4.98 Å². The monoisotopic (exact) mass is 278 g/mol. The van der Waals surface area contributed by atoms with Gasteiger partial charge in [-0.05, 0) is 36.8 Å². The average Bonchev–Trinajstić information content (AvgIpc) is 2.41. The Balaban J connectivity index is 0.00000180. The van der Waals surface area contributed by atoms with E-state index < -0.39 is 0 Å². The molecule has 102 valence electrons. The summed E-state index contributed by atoms with van der Waals surface area (Å²) >= 11 is 0. The fraction of sp³-hybridized carbons (Fsp3) is 0.267. The van der Waals surface area contributed by atoms with Crippen LogP contribution in [0.25, 0.3) is 0 Å². The third-order valence-electron chi connectivity index (χ3n) is 2.57. The summed E-state index contributed by atoms with van der Waals surface area (Å²) in [6.45, 7) is 4.29. The number of pyridine rings is 1. The normalized spacial score (nSPS) is 9.74. The van der Waals surface area contributed by atoms with Crippen LogP contribution in [-0.4, -0.2) is 11.6 Å². The third kappa shape index (κ3) is 5.28. The van der Waals surface area contributed by atoms with E-state index in [2.05, 4.69) is 22.4 Å². The Morgan fingerprint density at radius 3 is 2.74 bits per heavy atom. The van der Waals surface area contributed by atoms with Gasteiger partial charge >= 0.3 is 0 Å². The van der Waals surface area contributed by atoms with Gasteiger partial charge in [-0.2, -0.15) is 0 Å². The molecule has 0 atom stereocenters. The van der Waals surface area contributed by atoms with Crippen molar-refractivity contribution in [2.24, 2.45) is 0 Å². The van der Waals surface area contributed by atoms with Gasteiger partial charge in [0.1, 0.15) is 5.75 Å². The van der Waals surface area contributed by atoms with Crippen LogP contribution in [-0.2, 0) is 13.1 Å². The first kappa shape index (κ1) is 15.5. The SMILES string of the molecule is CCOc1cccc(CNCc2ccccn2)c1.Cl. The molecule has 0 unspecified atom stereocenters. The Hall–Kier alpha value is -1.58. The van der Waals surface area contributed by atoms with Crippen LogP contribution in [0.5, 0.6) is 5.75 Å². The van der Waals surface area contributed by atoms with Crippen LogP contribution in [0.3, 0.4) is 0 Å². The predicted molar refractivity (Wildman–Crippen MR) is 79.6 cm³/mol. The molecule has 0 aliphatic carbocycles. The van der Waals surface area contributed by atoms with E-state index in [0.29, 0.717) is 6.61 Å². The van der Waals surface area contributed by atoms with Crippen molar-refractivity contribution in [2.75, 3.05) is 6.61 Å². The van der Waals surface area contributed by atoms with Gasteiger partial charge in [-0.15, -0.1) is 12.4 Å². The number of nitrogens with one attached hydrogen (secondary N) is 1. The molecule has 1 aromatic heterocycles. The van der Waals surface area contributed by atoms with E-state index in [1.54, 1.807) is 0 Å². The second-order valence-corrected chi connectivity index (χ2v) is 4.01. The summed E-state index contributed by atoms with van der Waals surface area (Å²) in [7, 11) is 0. The number of benzene rings is 1. The predicted octanol–water partition coefficient (Wildman–Crippen LogP) is 3.19. The highest BCUT2D eigenvalue weighted by atomic mass is 35.5. The van der Waals surface area contributed by atoms with Gasteiger partial charge in [0.2, 0.25) is 0 Å². The zero-order chi connectivity index (χ0) is 12.6. The van der Waals surface area contributed by atoms with Crippen LogP contribution in [0.2, 0.25) is 0 Å². The second kappa shape index (κ2) is 8.51. The third-order valence-corrected chi connectivity index (χ3v) is 2.57. The molecule has 0 fully saturated rings. The van der Waals surface area contributed by atoms with Crippen molar-refractivity contribution in [2.45, 2.75) is 20.0 Å². The highest BCUT2D eigenvalue weighted by Crippen LogP contribution is 2.13. The molecule has 0 saturated heterocycles. The lowest BCUT2D eigenvalue weighted by Crippen LogP contribution is -2.13. The summed E-state index contributed by atoms with van der Waals surface area (Å²) in [5.74, 6) is 0.926. The fourth-order valence-electron chi connectivity index (χ4n) is 1.75. The summed E-state index contributed by atoms with van der Waals surface area (Å²) in [4.78, 5) is 4.27. The van der Waals surface area contributed by atoms with E-state index in [4.69, 9.17) is 4.74 Å². The molecule has 0 aliphatic rings. The maximum absolute atomic E-state index is 5.47. The molecule has 0 saturated carbocycles. The van der Waals surface area contributed by atoms with Gasteiger partial charge in [0, 0.05) is 19.3 Å². The van der Waals surface area contributed by atoms with Gasteiger partial charge in [-0.1, -0.05) is 18.2 Å². The quantitative estimate of drug-likeness (QED) is 0.881. The smallest absolute Gasteiger partial charge is 0.119 e. The van der Waals surface area contributed by atoms with Crippen LogP contribution in [0.15, 0.2) is 48.7 Å². The Morgan fingerprint density at radius 2 is 2.00 bits per heavy atom. The molecule has 2 aromatic rings. The number of rotatable bonds is 6. The fourth-order valence-corrected chi connectivity index (χ4v) is 1.75. The number of aromatic nitrogens is 1. The molecular weight excluding hydrogens is 260 g/mol. The van der Waals surface area contributed by atoms with Crippen molar-refractivity contribution >= 4 is 12.4 Å². The van der Waals surface area contributed by atoms with Gasteiger partial charge in [0.05, 0.1) is 12.3 Å². The number of halogens is 1. The first-order valence-corrected chi connectivity index (χ1v) is 6.21. The topological polar surface area (TPSA) is 34.1 Å². The molecule has 1 aromatic carbocycles. The largest absolute Gasteiger partial charge is 0.494 e. The summed E-state index contributed by atoms with van der Waals surface area (Å²) in [5.41, 5.74) is 2.27. The Kier molecular flexibility index (Phi) is 6.93. The minimum absolute atomic E-state index is 0. The second-order valence-electron chi connectivity index (χ2n) is 4.01. The number of hydrogen-bond donors (Lipinski definition) is 1. The van der Waals surface area contributed by atoms with Crippen molar-refractivity contribution in [3.05, 3.63) is 59.9 Å². The minimum atomic E-state index is 0. The summed E-state index contributed by atoms with van der Waals surface area (Å²) in [6, 6.07) is 14.1. The van der Waals surface area contributed by atoms with Gasteiger partial charge in [0.25, 0.3) is 0 Å². The van der Waals surface area contributed by atoms with E-state index in [0.717, 1.165) is 24.5 Å². The zero-order valence-corrected chi connectivity index (χ0v) is 11.8. The van der Waals surface area contributed by atoms with E-state index in [1.807, 2.05) is 43.5 Å². The van der Waals surface area contributed by atoms with E-state index in [9.17, 15) is 0 Å². The first-order valence-electron chi connectivity index (χ1n) is 6.21. The molecule has 0 spiro atoms. The van der Waals surface area contributed by atoms with Crippen molar-refractivity contribution in [3.8, 4) is 5.75 Å². The van der Waals surface area contributed by atoms with E-state index in [1.165, 1.54) is 5.56 Å². The highest BCUT2D eigenvalue weighted by molar-refractivity contribution is 5.85. The molecule has 0 radical (unpaired) electrons. The number of hydrogen-bond acceptors (Lipinski definition) is 3. The molecule has 0 amide bonds. The summed E-state index contributed by atoms with van der Waals surface area (Å²) in [6.07, 6.45) is 1.81. The van der Waals surface area contributed by atoms with Crippen molar-refractivity contribution in [3.63, 3.8) is 0 Å². The molecule has 2 rings (SSSR count). The highest BCUT2D eigenvalue weighted by Gasteiger charge is 1.97. The zero-order valence-electron chi connectivity index (χ0n) is 11.0. The standard InChI is InChI=1S/C15H18N2O.ClH/c1-2-18-15-8-5-6-13(10-15)11-16-12-14-7-3-4-9-17-14;/h3-10,16H,2,11-12H2,1H3;1H. The lowest BCUT2D eigenvalue weighted by atomic mass is 10.2. The van der Waals surface area contributed by atoms with Crippen LogP contribution in [0, 0.1) is 0 Å². The van der Waals surface area contributed by atoms with Gasteiger partial charge in [-0.25, -0.2) is 0 Å². The Labute approximate surface area is 120 Å². The molecule has 1 N–H and O–H groups in total. The van der Waals surface area contributed by atoms with Crippen LogP contribution < -0.4 is 10.1 Å². The molecule has 0 aliphatic heterocycles. The van der Waals surface area contributed by atoms with Crippen LogP contribution >= 0.6 is 12.4 Å². The lowest BCUT2D eigenvalue weighted by molar-refractivity contribution is 0.340. The number of ether oxygens (including phenoxy) is 1. The van der Waals surface area contributed by atoms with Crippen molar-refractivity contribution in [1.29, 1.82) is 0 Å². The van der Waals surface area contributed by atoms with Crippen molar-refractivity contribution < 1.29 is 4.74 Å². The van der Waals surface area contributed by atoms with E-state index in [-0.39, 0.29) is 12.4 Å². The molecule has 19 heavy (non-hydrogen) atoms. The minimum Gasteiger partial charge on any atom is -0.494 e. The van der Waals surface area contributed by atoms with Gasteiger partial charge < -0.3 is 10.1 Å². The molecular formula is C15H19ClN2O. The Bertz CT molecular complexity index is 477. The van der Waals surface area contributed by atoms with Crippen LogP contribution in [0.1, 0.15) is 18.2 Å². The van der Waals surface area contributed by atoms with Crippen LogP contribution in [0.4, 0.5) is 0 Å². The van der Waals surface area contributed by atoms with Crippen molar-refractivity contribution in [1.82, 2.24) is 10.3 Å². The maximum atomic E-state index is 5.47. The summed E-state index contributed by atoms with van der Waals surface area (Å²) < 4.78 is 5.47. The number of nitrogens with zero attached hydrogens (tertiary/aromatic N) is 1. The molecule has 1 heterocycles. The van der Waals surface area contributed by atoms with E-state index >= 15 is 0 Å². The Morgan fingerprint density at radius 1 is 1.11 bits per heavy atom. The average molecular weight is 279 g/mol. The molecule has 3 nitrogen and oxygen atoms in total. The maximum Gasteiger partial charge on any atom is 0.119 e. The molecule has 0 bridgehead atoms. The first-order chi connectivity index (χ1) is 8.88. The molecule has 4 heteroatoms. The summed E-state index contributed by atoms with van der Waals surface area (Å²) in [5, 5.41) is 3.37. The lowest BCUT2D eigenvalue weighted by Gasteiger charge is -2.07.